The number of hydrogen-bond acceptors (Lipinski definition) is 5. The Morgan fingerprint density at radius 2 is 2.16 bits per heavy atom. The molecule has 3 aromatic rings. The number of carboxylic acid groups (broad SMARTS) is 1. The summed E-state index contributed by atoms with van der Waals surface area (Å²) in [7, 11) is 1.77. The highest BCUT2D eigenvalue weighted by molar-refractivity contribution is 5.98. The molecule has 0 saturated heterocycles. The van der Waals surface area contributed by atoms with Gasteiger partial charge in [-0.3, -0.25) is 4.68 Å². The molecule has 0 spiro atoms. The fourth-order valence-electron chi connectivity index (χ4n) is 1.95. The van der Waals surface area contributed by atoms with E-state index in [9.17, 15) is 4.79 Å². The van der Waals surface area contributed by atoms with Gasteiger partial charge in [-0.2, -0.15) is 5.10 Å². The van der Waals surface area contributed by atoms with E-state index in [0.29, 0.717) is 17.0 Å². The third kappa shape index (κ3) is 1.75. The first kappa shape index (κ1) is 11.4. The molecular weight excluding hydrogens is 248 g/mol. The highest BCUT2D eigenvalue weighted by Crippen LogP contribution is 2.27. The van der Waals surface area contributed by atoms with Crippen LogP contribution in [0.25, 0.3) is 22.5 Å². The van der Waals surface area contributed by atoms with E-state index in [-0.39, 0.29) is 11.5 Å². The van der Waals surface area contributed by atoms with Crippen LogP contribution >= 0.6 is 0 Å². The molecule has 96 valence electrons. The van der Waals surface area contributed by atoms with E-state index in [1.165, 1.54) is 6.07 Å². The average molecular weight is 258 g/mol. The molecule has 7 heteroatoms. The number of hydrogen-bond donors (Lipinski definition) is 1. The number of carbonyl (C=O) groups is 1. The van der Waals surface area contributed by atoms with E-state index < -0.39 is 5.97 Å². The molecule has 0 aliphatic heterocycles. The van der Waals surface area contributed by atoms with E-state index in [2.05, 4.69) is 15.3 Å². The van der Waals surface area contributed by atoms with Crippen LogP contribution in [0, 0.1) is 6.92 Å². The highest BCUT2D eigenvalue weighted by atomic mass is 16.4. The minimum absolute atomic E-state index is 0.193. The third-order valence-corrected chi connectivity index (χ3v) is 2.83. The molecular formula is C12H10N4O3. The van der Waals surface area contributed by atoms with Crippen LogP contribution in [0.5, 0.6) is 0 Å². The second-order valence-electron chi connectivity index (χ2n) is 4.14. The van der Waals surface area contributed by atoms with E-state index >= 15 is 0 Å². The molecule has 1 aromatic carbocycles. The number of fused-ring (bicyclic) bond motifs is 1. The molecule has 7 nitrogen and oxygen atoms in total. The van der Waals surface area contributed by atoms with Crippen molar-refractivity contribution in [1.82, 2.24) is 20.0 Å². The van der Waals surface area contributed by atoms with Gasteiger partial charge in [0.25, 0.3) is 5.89 Å². The van der Waals surface area contributed by atoms with Crippen molar-refractivity contribution in [1.29, 1.82) is 0 Å². The third-order valence-electron chi connectivity index (χ3n) is 2.83. The highest BCUT2D eigenvalue weighted by Gasteiger charge is 2.17. The van der Waals surface area contributed by atoms with Gasteiger partial charge in [-0.25, -0.2) is 4.79 Å². The van der Waals surface area contributed by atoms with Crippen molar-refractivity contribution in [3.63, 3.8) is 0 Å². The molecule has 0 saturated carbocycles. The quantitative estimate of drug-likeness (QED) is 0.750. The topological polar surface area (TPSA) is 94.0 Å². The molecule has 0 amide bonds. The lowest BCUT2D eigenvalue weighted by Crippen LogP contribution is -1.95. The van der Waals surface area contributed by atoms with E-state index in [0.717, 1.165) is 5.52 Å². The molecule has 0 bridgehead atoms. The fraction of sp³-hybridized carbons (Fsp3) is 0.167. The van der Waals surface area contributed by atoms with Crippen LogP contribution in [-0.4, -0.2) is 31.1 Å². The van der Waals surface area contributed by atoms with Gasteiger partial charge in [0.15, 0.2) is 5.69 Å². The normalized spacial score (nSPS) is 11.1. The summed E-state index contributed by atoms with van der Waals surface area (Å²) < 4.78 is 6.99. The lowest BCUT2D eigenvalue weighted by atomic mass is 10.1. The number of nitrogens with zero attached hydrogens (tertiary/aromatic N) is 4. The van der Waals surface area contributed by atoms with Crippen molar-refractivity contribution < 1.29 is 14.3 Å². The van der Waals surface area contributed by atoms with Crippen molar-refractivity contribution in [3.8, 4) is 11.6 Å². The number of carboxylic acids is 1. The Morgan fingerprint density at radius 3 is 2.79 bits per heavy atom. The van der Waals surface area contributed by atoms with Gasteiger partial charge >= 0.3 is 5.97 Å². The minimum Gasteiger partial charge on any atom is -0.478 e. The summed E-state index contributed by atoms with van der Waals surface area (Å²) in [5.74, 6) is -0.271. The standard InChI is InChI=1S/C12H10N4O3/c1-6-13-14-11(19-6)10-8-5-7(12(17)18)3-4-9(8)16(2)15-10/h3-5H,1-2H3,(H,17,18). The van der Waals surface area contributed by atoms with Crippen molar-refractivity contribution >= 4 is 16.9 Å². The molecule has 2 heterocycles. The monoisotopic (exact) mass is 258 g/mol. The van der Waals surface area contributed by atoms with Gasteiger partial charge < -0.3 is 9.52 Å². The molecule has 0 radical (unpaired) electrons. The largest absolute Gasteiger partial charge is 0.478 e. The number of aromatic nitrogens is 4. The molecule has 0 aliphatic rings. The van der Waals surface area contributed by atoms with Crippen molar-refractivity contribution in [2.75, 3.05) is 0 Å². The SMILES string of the molecule is Cc1nnc(-c2nn(C)c3ccc(C(=O)O)cc23)o1. The smallest absolute Gasteiger partial charge is 0.335 e. The zero-order chi connectivity index (χ0) is 13.6. The summed E-state index contributed by atoms with van der Waals surface area (Å²) in [4.78, 5) is 11.0. The summed E-state index contributed by atoms with van der Waals surface area (Å²) in [5.41, 5.74) is 1.48. The predicted molar refractivity (Wildman–Crippen MR) is 65.7 cm³/mol. The molecule has 0 fully saturated rings. The summed E-state index contributed by atoms with van der Waals surface area (Å²) in [6, 6.07) is 4.80. The number of rotatable bonds is 2. The zero-order valence-electron chi connectivity index (χ0n) is 10.3. The van der Waals surface area contributed by atoms with Crippen molar-refractivity contribution in [3.05, 3.63) is 29.7 Å². The first-order chi connectivity index (χ1) is 9.06. The molecule has 3 rings (SSSR count). The number of aromatic carboxylic acids is 1. The maximum atomic E-state index is 11.0. The van der Waals surface area contributed by atoms with Crippen LogP contribution < -0.4 is 0 Å². The number of benzene rings is 1. The van der Waals surface area contributed by atoms with Crippen LogP contribution in [0.15, 0.2) is 22.6 Å². The molecule has 1 N–H and O–H groups in total. The molecule has 0 aliphatic carbocycles. The van der Waals surface area contributed by atoms with Gasteiger partial charge in [-0.15, -0.1) is 10.2 Å². The molecule has 0 unspecified atom stereocenters. The average Bonchev–Trinajstić information content (AvgIpc) is 2.93. The van der Waals surface area contributed by atoms with Crippen LogP contribution in [0.4, 0.5) is 0 Å². The lowest BCUT2D eigenvalue weighted by Gasteiger charge is -1.96. The van der Waals surface area contributed by atoms with Gasteiger partial charge in [0.05, 0.1) is 11.1 Å². The maximum Gasteiger partial charge on any atom is 0.335 e. The van der Waals surface area contributed by atoms with Crippen LogP contribution in [0.2, 0.25) is 0 Å². The van der Waals surface area contributed by atoms with Crippen LogP contribution in [-0.2, 0) is 7.05 Å². The van der Waals surface area contributed by atoms with Gasteiger partial charge in [0.2, 0.25) is 5.89 Å². The first-order valence-electron chi connectivity index (χ1n) is 5.57. The van der Waals surface area contributed by atoms with E-state index in [1.807, 2.05) is 0 Å². The first-order valence-corrected chi connectivity index (χ1v) is 5.57. The van der Waals surface area contributed by atoms with Crippen LogP contribution in [0.3, 0.4) is 0 Å². The van der Waals surface area contributed by atoms with Crippen LogP contribution in [0.1, 0.15) is 16.2 Å². The van der Waals surface area contributed by atoms with E-state index in [4.69, 9.17) is 9.52 Å². The Kier molecular flexibility index (Phi) is 2.34. The fourth-order valence-corrected chi connectivity index (χ4v) is 1.95. The molecule has 0 atom stereocenters. The summed E-state index contributed by atoms with van der Waals surface area (Å²) in [5, 5.41) is 21.7. The van der Waals surface area contributed by atoms with Gasteiger partial charge in [0, 0.05) is 19.4 Å². The second kappa shape index (κ2) is 3.91. The Hall–Kier alpha value is -2.70. The van der Waals surface area contributed by atoms with Gasteiger partial charge in [-0.05, 0) is 18.2 Å². The predicted octanol–water partition coefficient (Wildman–Crippen LogP) is 1.63. The molecule has 19 heavy (non-hydrogen) atoms. The Balaban J connectivity index is 2.29. The minimum atomic E-state index is -0.988. The second-order valence-corrected chi connectivity index (χ2v) is 4.14. The van der Waals surface area contributed by atoms with Gasteiger partial charge in [-0.1, -0.05) is 0 Å². The Labute approximate surface area is 107 Å². The van der Waals surface area contributed by atoms with E-state index in [1.54, 1.807) is 30.8 Å². The summed E-state index contributed by atoms with van der Waals surface area (Å²) in [6.07, 6.45) is 0. The van der Waals surface area contributed by atoms with Crippen molar-refractivity contribution in [2.24, 2.45) is 7.05 Å². The maximum absolute atomic E-state index is 11.0. The zero-order valence-corrected chi connectivity index (χ0v) is 10.3. The summed E-state index contributed by atoms with van der Waals surface area (Å²) in [6.45, 7) is 1.68. The van der Waals surface area contributed by atoms with Gasteiger partial charge in [0.1, 0.15) is 0 Å². The van der Waals surface area contributed by atoms with Crippen molar-refractivity contribution in [2.45, 2.75) is 6.92 Å². The Bertz CT molecular complexity index is 787. The summed E-state index contributed by atoms with van der Waals surface area (Å²) >= 11 is 0. The lowest BCUT2D eigenvalue weighted by molar-refractivity contribution is 0.0697. The molecule has 2 aromatic heterocycles. The number of aryl methyl sites for hydroxylation is 2. The Morgan fingerprint density at radius 1 is 1.37 bits per heavy atom.